The average molecular weight is 303 g/mol. The Labute approximate surface area is 129 Å². The number of primary amides is 1. The highest BCUT2D eigenvalue weighted by molar-refractivity contribution is 5.86. The van der Waals surface area contributed by atoms with Gasteiger partial charge in [0.25, 0.3) is 0 Å². The maximum atomic E-state index is 11.0. The van der Waals surface area contributed by atoms with Gasteiger partial charge in [0.1, 0.15) is 5.52 Å². The normalized spacial score (nSPS) is 16.1. The predicted molar refractivity (Wildman–Crippen MR) is 85.2 cm³/mol. The first-order valence-corrected chi connectivity index (χ1v) is 7.60. The van der Waals surface area contributed by atoms with E-state index in [0.29, 0.717) is 11.3 Å². The van der Waals surface area contributed by atoms with Gasteiger partial charge in [-0.2, -0.15) is 0 Å². The topological polar surface area (TPSA) is 87.5 Å². The Hall–Kier alpha value is -2.28. The van der Waals surface area contributed by atoms with Crippen molar-refractivity contribution in [1.29, 1.82) is 0 Å². The first-order chi connectivity index (χ1) is 10.7. The van der Waals surface area contributed by atoms with Crippen molar-refractivity contribution in [3.63, 3.8) is 0 Å². The maximum Gasteiger partial charge on any atom is 0.410 e. The number of benzene rings is 1. The van der Waals surface area contributed by atoms with Crippen LogP contribution in [0.25, 0.3) is 11.0 Å². The molecule has 0 radical (unpaired) electrons. The summed E-state index contributed by atoms with van der Waals surface area (Å²) in [6.45, 7) is 7.29. The first kappa shape index (κ1) is 14.6. The number of carbonyl (C=O) groups excluding carboxylic acids is 1. The molecular weight excluding hydrogens is 282 g/mol. The van der Waals surface area contributed by atoms with E-state index >= 15 is 0 Å². The highest BCUT2D eigenvalue weighted by Gasteiger charge is 2.20. The van der Waals surface area contributed by atoms with Crippen LogP contribution in [0.3, 0.4) is 0 Å². The molecule has 3 N–H and O–H groups in total. The highest BCUT2D eigenvalue weighted by Crippen LogP contribution is 2.26. The number of ether oxygens (including phenoxy) is 1. The Morgan fingerprint density at radius 1 is 1.36 bits per heavy atom. The molecule has 0 bridgehead atoms. The van der Waals surface area contributed by atoms with Crippen molar-refractivity contribution in [3.05, 3.63) is 18.2 Å². The van der Waals surface area contributed by atoms with Crippen LogP contribution in [-0.4, -0.2) is 53.7 Å². The predicted octanol–water partition coefficient (Wildman–Crippen LogP) is 1.55. The Morgan fingerprint density at radius 2 is 2.14 bits per heavy atom. The number of nitrogens with zero attached hydrogens (tertiary/aromatic N) is 3. The molecule has 0 aliphatic carbocycles. The number of anilines is 1. The lowest BCUT2D eigenvalue weighted by molar-refractivity contribution is 0.211. The zero-order chi connectivity index (χ0) is 15.5. The quantitative estimate of drug-likeness (QED) is 0.895. The van der Waals surface area contributed by atoms with Crippen LogP contribution in [0.4, 0.5) is 10.7 Å². The largest absolute Gasteiger partial charge is 0.410 e. The van der Waals surface area contributed by atoms with Crippen LogP contribution in [0.2, 0.25) is 0 Å². The number of hydrogen-bond donors (Lipinski definition) is 2. The summed E-state index contributed by atoms with van der Waals surface area (Å²) >= 11 is 0. The van der Waals surface area contributed by atoms with E-state index in [2.05, 4.69) is 26.7 Å². The molecule has 3 rings (SSSR count). The highest BCUT2D eigenvalue weighted by atomic mass is 16.5. The molecule has 1 aliphatic heterocycles. The SMILES string of the molecule is CCCN1CCN(c2nc3c(OC(N)=O)cccc3[nH]2)CC1. The number of para-hydroxylation sites is 1. The summed E-state index contributed by atoms with van der Waals surface area (Å²) in [6, 6.07) is 5.41. The van der Waals surface area contributed by atoms with Gasteiger partial charge >= 0.3 is 6.09 Å². The number of amides is 1. The molecule has 1 amide bonds. The fourth-order valence-corrected chi connectivity index (χ4v) is 2.83. The molecule has 1 saturated heterocycles. The average Bonchev–Trinajstić information content (AvgIpc) is 2.93. The molecule has 0 unspecified atom stereocenters. The lowest BCUT2D eigenvalue weighted by Gasteiger charge is -2.34. The molecule has 0 spiro atoms. The van der Waals surface area contributed by atoms with E-state index in [1.807, 2.05) is 12.1 Å². The van der Waals surface area contributed by atoms with Crippen molar-refractivity contribution < 1.29 is 9.53 Å². The second-order valence-electron chi connectivity index (χ2n) is 5.46. The van der Waals surface area contributed by atoms with Crippen molar-refractivity contribution >= 4 is 23.1 Å². The number of nitrogens with two attached hydrogens (primary N) is 1. The van der Waals surface area contributed by atoms with E-state index < -0.39 is 6.09 Å². The number of aromatic nitrogens is 2. The minimum Gasteiger partial charge on any atom is -0.408 e. The minimum atomic E-state index is -0.828. The number of nitrogens with one attached hydrogen (secondary N) is 1. The van der Waals surface area contributed by atoms with Crippen LogP contribution in [0.15, 0.2) is 18.2 Å². The molecule has 1 aromatic carbocycles. The second kappa shape index (κ2) is 6.23. The lowest BCUT2D eigenvalue weighted by atomic mass is 10.3. The second-order valence-corrected chi connectivity index (χ2v) is 5.46. The number of imidazole rings is 1. The maximum absolute atomic E-state index is 11.0. The molecular formula is C15H21N5O2. The van der Waals surface area contributed by atoms with Crippen LogP contribution in [0, 0.1) is 0 Å². The molecule has 118 valence electrons. The van der Waals surface area contributed by atoms with E-state index in [-0.39, 0.29) is 0 Å². The number of H-pyrrole nitrogens is 1. The van der Waals surface area contributed by atoms with E-state index in [4.69, 9.17) is 10.5 Å². The van der Waals surface area contributed by atoms with Gasteiger partial charge in [0, 0.05) is 26.2 Å². The molecule has 1 fully saturated rings. The Bertz CT molecular complexity index is 661. The van der Waals surface area contributed by atoms with Gasteiger partial charge in [-0.25, -0.2) is 9.78 Å². The third kappa shape index (κ3) is 2.99. The summed E-state index contributed by atoms with van der Waals surface area (Å²) in [6.07, 6.45) is 0.351. The van der Waals surface area contributed by atoms with Crippen molar-refractivity contribution in [1.82, 2.24) is 14.9 Å². The summed E-state index contributed by atoms with van der Waals surface area (Å²) in [5, 5.41) is 0. The number of piperazine rings is 1. The van der Waals surface area contributed by atoms with Gasteiger partial charge in [-0.3, -0.25) is 4.90 Å². The molecule has 0 saturated carbocycles. The molecule has 2 heterocycles. The van der Waals surface area contributed by atoms with E-state index in [1.165, 1.54) is 6.42 Å². The minimum absolute atomic E-state index is 0.386. The number of rotatable bonds is 4. The van der Waals surface area contributed by atoms with Gasteiger partial charge in [0.2, 0.25) is 5.95 Å². The van der Waals surface area contributed by atoms with E-state index in [0.717, 1.165) is 44.2 Å². The molecule has 7 heteroatoms. The van der Waals surface area contributed by atoms with E-state index in [1.54, 1.807) is 6.07 Å². The van der Waals surface area contributed by atoms with Gasteiger partial charge < -0.3 is 20.4 Å². The van der Waals surface area contributed by atoms with Crippen molar-refractivity contribution in [2.24, 2.45) is 5.73 Å². The summed E-state index contributed by atoms with van der Waals surface area (Å²) < 4.78 is 5.01. The van der Waals surface area contributed by atoms with Gasteiger partial charge in [0.15, 0.2) is 5.75 Å². The van der Waals surface area contributed by atoms with Crippen LogP contribution < -0.4 is 15.4 Å². The fraction of sp³-hybridized carbons (Fsp3) is 0.467. The van der Waals surface area contributed by atoms with Crippen molar-refractivity contribution in [3.8, 4) is 5.75 Å². The van der Waals surface area contributed by atoms with Crippen LogP contribution in [-0.2, 0) is 0 Å². The molecule has 2 aromatic rings. The monoisotopic (exact) mass is 303 g/mol. The third-order valence-corrected chi connectivity index (χ3v) is 3.89. The molecule has 1 aliphatic rings. The number of fused-ring (bicyclic) bond motifs is 1. The van der Waals surface area contributed by atoms with Crippen LogP contribution in [0.1, 0.15) is 13.3 Å². The summed E-state index contributed by atoms with van der Waals surface area (Å²) in [7, 11) is 0. The number of hydrogen-bond acceptors (Lipinski definition) is 5. The molecule has 7 nitrogen and oxygen atoms in total. The summed E-state index contributed by atoms with van der Waals surface area (Å²) in [5.74, 6) is 1.20. The smallest absolute Gasteiger partial charge is 0.408 e. The zero-order valence-corrected chi connectivity index (χ0v) is 12.7. The number of carbonyl (C=O) groups is 1. The summed E-state index contributed by atoms with van der Waals surface area (Å²) in [4.78, 5) is 23.5. The molecule has 0 atom stereocenters. The third-order valence-electron chi connectivity index (χ3n) is 3.89. The molecule has 22 heavy (non-hydrogen) atoms. The van der Waals surface area contributed by atoms with Crippen LogP contribution in [0.5, 0.6) is 5.75 Å². The van der Waals surface area contributed by atoms with Crippen molar-refractivity contribution in [2.75, 3.05) is 37.6 Å². The standard InChI is InChI=1S/C15H21N5O2/c1-2-6-19-7-9-20(10-8-19)15-17-11-4-3-5-12(13(11)18-15)22-14(16)21/h3-5H,2,6-10H2,1H3,(H2,16,21)(H,17,18). The van der Waals surface area contributed by atoms with Crippen molar-refractivity contribution in [2.45, 2.75) is 13.3 Å². The van der Waals surface area contributed by atoms with Gasteiger partial charge in [-0.15, -0.1) is 0 Å². The Balaban J connectivity index is 1.79. The lowest BCUT2D eigenvalue weighted by Crippen LogP contribution is -2.46. The van der Waals surface area contributed by atoms with Gasteiger partial charge in [-0.05, 0) is 25.1 Å². The Morgan fingerprint density at radius 3 is 2.82 bits per heavy atom. The summed E-state index contributed by atoms with van der Waals surface area (Å²) in [5.41, 5.74) is 6.56. The number of aromatic amines is 1. The van der Waals surface area contributed by atoms with E-state index in [9.17, 15) is 4.79 Å². The van der Waals surface area contributed by atoms with Crippen LogP contribution >= 0.6 is 0 Å². The molecule has 1 aromatic heterocycles. The van der Waals surface area contributed by atoms with Gasteiger partial charge in [0.05, 0.1) is 5.52 Å². The van der Waals surface area contributed by atoms with Gasteiger partial charge in [-0.1, -0.05) is 13.0 Å². The zero-order valence-electron chi connectivity index (χ0n) is 12.7. The first-order valence-electron chi connectivity index (χ1n) is 7.60. The Kier molecular flexibility index (Phi) is 4.15. The fourth-order valence-electron chi connectivity index (χ4n) is 2.83.